The van der Waals surface area contributed by atoms with Gasteiger partial charge in [0.2, 0.25) is 0 Å². The highest BCUT2D eigenvalue weighted by Gasteiger charge is 2.46. The largest absolute Gasteiger partial charge is 0.505 e. The minimum atomic E-state index is -0.811. The minimum Gasteiger partial charge on any atom is -0.505 e. The quantitative estimate of drug-likeness (QED) is 0.369. The van der Waals surface area contributed by atoms with Crippen LogP contribution in [-0.2, 0) is 9.59 Å². The Morgan fingerprint density at radius 1 is 1.16 bits per heavy atom. The van der Waals surface area contributed by atoms with E-state index in [1.807, 2.05) is 20.2 Å². The number of imidazole rings is 1. The smallest absolute Gasteiger partial charge is 0.295 e. The molecule has 0 aliphatic carbocycles. The number of ketones is 1. The highest BCUT2D eigenvalue weighted by atomic mass is 19.1. The number of carbonyl (C=O) groups excluding carboxylic acids is 2. The van der Waals surface area contributed by atoms with Crippen LogP contribution in [0.25, 0.3) is 11.4 Å². The van der Waals surface area contributed by atoms with Gasteiger partial charge in [0, 0.05) is 6.20 Å². The molecule has 2 aromatic heterocycles. The van der Waals surface area contributed by atoms with E-state index in [1.165, 1.54) is 29.2 Å². The standard InChI is InChI=1S/C23H23FN4O3/c1-14-19(27-11-5-4-6-17(27)25-14)21(29)18-20(15-7-9-16(24)10-8-15)28(13-12-26(2)3)23(31)22(18)30/h4-11,20,29H,12-13H2,1-3H3/p+1/t20-/m1/s1. The summed E-state index contributed by atoms with van der Waals surface area (Å²) >= 11 is 0. The summed E-state index contributed by atoms with van der Waals surface area (Å²) in [5.74, 6) is -2.14. The molecule has 7 nitrogen and oxygen atoms in total. The predicted octanol–water partition coefficient (Wildman–Crippen LogP) is 1.35. The molecule has 1 amide bonds. The summed E-state index contributed by atoms with van der Waals surface area (Å²) < 4.78 is 15.2. The second-order valence-corrected chi connectivity index (χ2v) is 7.98. The van der Waals surface area contributed by atoms with E-state index in [9.17, 15) is 19.1 Å². The molecule has 0 unspecified atom stereocenters. The first-order valence-corrected chi connectivity index (χ1v) is 10.1. The summed E-state index contributed by atoms with van der Waals surface area (Å²) in [6, 6.07) is 10.2. The number of hydrogen-bond donors (Lipinski definition) is 2. The molecule has 3 heterocycles. The number of halogens is 1. The van der Waals surface area contributed by atoms with Crippen LogP contribution < -0.4 is 4.90 Å². The maximum Gasteiger partial charge on any atom is 0.295 e. The normalized spacial score (nSPS) is 18.5. The number of quaternary nitrogens is 1. The summed E-state index contributed by atoms with van der Waals surface area (Å²) in [5, 5.41) is 11.3. The average molecular weight is 423 g/mol. The topological polar surface area (TPSA) is 79.3 Å². The van der Waals surface area contributed by atoms with Crippen molar-refractivity contribution in [2.45, 2.75) is 13.0 Å². The van der Waals surface area contributed by atoms with Gasteiger partial charge < -0.3 is 14.9 Å². The lowest BCUT2D eigenvalue weighted by molar-refractivity contribution is -0.857. The fourth-order valence-corrected chi connectivity index (χ4v) is 3.97. The van der Waals surface area contributed by atoms with Gasteiger partial charge in [-0.2, -0.15) is 0 Å². The van der Waals surface area contributed by atoms with E-state index in [0.717, 1.165) is 4.90 Å². The van der Waals surface area contributed by atoms with Gasteiger partial charge in [0.05, 0.1) is 44.5 Å². The fraction of sp³-hybridized carbons (Fsp3) is 0.261. The van der Waals surface area contributed by atoms with E-state index in [1.54, 1.807) is 29.7 Å². The fourth-order valence-electron chi connectivity index (χ4n) is 3.97. The number of nitrogens with zero attached hydrogens (tertiary/aromatic N) is 3. The number of amides is 1. The number of pyridine rings is 1. The first-order valence-electron chi connectivity index (χ1n) is 10.1. The Labute approximate surface area is 179 Å². The molecule has 1 aromatic carbocycles. The van der Waals surface area contributed by atoms with Gasteiger partial charge in [-0.3, -0.25) is 14.0 Å². The number of Topliss-reactive ketones (excluding diaryl/α,β-unsaturated/α-hetero) is 1. The van der Waals surface area contributed by atoms with Crippen LogP contribution in [0.5, 0.6) is 0 Å². The molecule has 0 saturated carbocycles. The summed E-state index contributed by atoms with van der Waals surface area (Å²) in [6.45, 7) is 2.66. The number of aryl methyl sites for hydroxylation is 1. The zero-order valence-corrected chi connectivity index (χ0v) is 17.6. The number of rotatable bonds is 5. The monoisotopic (exact) mass is 423 g/mol. The van der Waals surface area contributed by atoms with Gasteiger partial charge in [-0.1, -0.05) is 18.2 Å². The van der Waals surface area contributed by atoms with Crippen molar-refractivity contribution in [3.05, 3.63) is 77.0 Å². The van der Waals surface area contributed by atoms with Crippen molar-refractivity contribution < 1.29 is 24.0 Å². The Hall–Kier alpha value is -3.52. The molecule has 1 aliphatic heterocycles. The van der Waals surface area contributed by atoms with Crippen LogP contribution in [0.2, 0.25) is 0 Å². The van der Waals surface area contributed by atoms with Crippen LogP contribution in [0.1, 0.15) is 23.0 Å². The van der Waals surface area contributed by atoms with Crippen molar-refractivity contribution in [3.63, 3.8) is 0 Å². The average Bonchev–Trinajstić information content (AvgIpc) is 3.20. The van der Waals surface area contributed by atoms with Gasteiger partial charge in [-0.25, -0.2) is 9.37 Å². The maximum atomic E-state index is 13.6. The lowest BCUT2D eigenvalue weighted by Gasteiger charge is -2.25. The molecule has 8 heteroatoms. The highest BCUT2D eigenvalue weighted by Crippen LogP contribution is 2.39. The minimum absolute atomic E-state index is 0.0147. The van der Waals surface area contributed by atoms with E-state index in [4.69, 9.17) is 0 Å². The van der Waals surface area contributed by atoms with Gasteiger partial charge in [0.25, 0.3) is 11.7 Å². The molecule has 3 aromatic rings. The molecule has 4 rings (SSSR count). The molecule has 2 N–H and O–H groups in total. The first kappa shape index (κ1) is 20.7. The number of carbonyl (C=O) groups is 2. The van der Waals surface area contributed by atoms with E-state index in [-0.39, 0.29) is 11.3 Å². The summed E-state index contributed by atoms with van der Waals surface area (Å²) in [5.41, 5.74) is 2.05. The zero-order chi connectivity index (χ0) is 22.3. The van der Waals surface area contributed by atoms with Gasteiger partial charge >= 0.3 is 0 Å². The molecule has 31 heavy (non-hydrogen) atoms. The molecular formula is C23H24FN4O3+. The van der Waals surface area contributed by atoms with Crippen LogP contribution in [-0.4, -0.2) is 58.3 Å². The summed E-state index contributed by atoms with van der Waals surface area (Å²) in [4.78, 5) is 33.0. The highest BCUT2D eigenvalue weighted by molar-refractivity contribution is 6.46. The lowest BCUT2D eigenvalue weighted by atomic mass is 9.96. The van der Waals surface area contributed by atoms with Crippen LogP contribution >= 0.6 is 0 Å². The molecule has 1 aliphatic rings. The van der Waals surface area contributed by atoms with Gasteiger partial charge in [-0.15, -0.1) is 0 Å². The van der Waals surface area contributed by atoms with Crippen molar-refractivity contribution in [1.29, 1.82) is 0 Å². The predicted molar refractivity (Wildman–Crippen MR) is 113 cm³/mol. The maximum absolute atomic E-state index is 13.6. The molecule has 1 atom stereocenters. The number of aliphatic hydroxyl groups is 1. The zero-order valence-electron chi connectivity index (χ0n) is 17.6. The molecule has 1 saturated heterocycles. The Morgan fingerprint density at radius 3 is 2.55 bits per heavy atom. The number of hydrogen-bond acceptors (Lipinski definition) is 4. The lowest BCUT2D eigenvalue weighted by Crippen LogP contribution is -3.06. The van der Waals surface area contributed by atoms with Gasteiger partial charge in [0.15, 0.2) is 5.76 Å². The number of likely N-dealkylation sites (tertiary alicyclic amines) is 1. The number of likely N-dealkylation sites (N-methyl/N-ethyl adjacent to an activating group) is 1. The number of nitrogens with one attached hydrogen (secondary N) is 1. The molecule has 0 radical (unpaired) electrons. The Morgan fingerprint density at radius 2 is 1.87 bits per heavy atom. The number of fused-ring (bicyclic) bond motifs is 1. The van der Waals surface area contributed by atoms with E-state index in [2.05, 4.69) is 4.98 Å². The Bertz CT molecular complexity index is 1200. The molecular weight excluding hydrogens is 399 g/mol. The summed E-state index contributed by atoms with van der Waals surface area (Å²) in [6.07, 6.45) is 1.74. The van der Waals surface area contributed by atoms with Gasteiger partial charge in [0.1, 0.15) is 17.2 Å². The van der Waals surface area contributed by atoms with E-state index < -0.39 is 23.5 Å². The third kappa shape index (κ3) is 3.59. The van der Waals surface area contributed by atoms with Crippen LogP contribution in [0.3, 0.4) is 0 Å². The van der Waals surface area contributed by atoms with Gasteiger partial charge in [-0.05, 0) is 36.8 Å². The number of aliphatic hydroxyl groups excluding tert-OH is 1. The van der Waals surface area contributed by atoms with Crippen LogP contribution in [0.15, 0.2) is 54.2 Å². The van der Waals surface area contributed by atoms with Crippen molar-refractivity contribution in [1.82, 2.24) is 14.3 Å². The van der Waals surface area contributed by atoms with Crippen LogP contribution in [0.4, 0.5) is 4.39 Å². The Balaban J connectivity index is 1.92. The van der Waals surface area contributed by atoms with Crippen molar-refractivity contribution >= 4 is 23.1 Å². The number of aromatic nitrogens is 2. The second kappa shape index (κ2) is 7.96. The number of benzene rings is 1. The third-order valence-electron chi connectivity index (χ3n) is 5.51. The molecule has 0 spiro atoms. The molecule has 1 fully saturated rings. The Kier molecular flexibility index (Phi) is 5.32. The third-order valence-corrected chi connectivity index (χ3v) is 5.51. The molecule has 160 valence electrons. The van der Waals surface area contributed by atoms with E-state index in [0.29, 0.717) is 35.7 Å². The van der Waals surface area contributed by atoms with Crippen LogP contribution in [0, 0.1) is 12.7 Å². The second-order valence-electron chi connectivity index (χ2n) is 7.98. The van der Waals surface area contributed by atoms with Crippen molar-refractivity contribution in [3.8, 4) is 0 Å². The molecule has 0 bridgehead atoms. The first-order chi connectivity index (χ1) is 14.8. The van der Waals surface area contributed by atoms with Crippen molar-refractivity contribution in [2.75, 3.05) is 27.2 Å². The van der Waals surface area contributed by atoms with Crippen molar-refractivity contribution in [2.24, 2.45) is 0 Å². The van der Waals surface area contributed by atoms with E-state index >= 15 is 0 Å². The SMILES string of the molecule is Cc1nc2ccccn2c1C(O)=C1C(=O)C(=O)N(CC[NH+](C)C)[C@@H]1c1ccc(F)cc1. The summed E-state index contributed by atoms with van der Waals surface area (Å²) in [7, 11) is 3.90.